The molecule has 0 amide bonds. The third-order valence-electron chi connectivity index (χ3n) is 4.65. The number of aromatic nitrogens is 2. The van der Waals surface area contributed by atoms with Gasteiger partial charge in [0, 0.05) is 10.0 Å². The van der Waals surface area contributed by atoms with Gasteiger partial charge >= 0.3 is 0 Å². The van der Waals surface area contributed by atoms with Crippen LogP contribution in [0.1, 0.15) is 17.3 Å². The van der Waals surface area contributed by atoms with Gasteiger partial charge in [0.05, 0.1) is 29.0 Å². The fraction of sp³-hybridized carbons (Fsp3) is 0.125. The lowest BCUT2D eigenvalue weighted by atomic mass is 10.1. The molecule has 0 radical (unpaired) electrons. The van der Waals surface area contributed by atoms with Crippen molar-refractivity contribution < 1.29 is 9.53 Å². The largest absolute Gasteiger partial charge is 0.494 e. The number of fused-ring (bicyclic) bond motifs is 1. The zero-order chi connectivity index (χ0) is 21.8. The van der Waals surface area contributed by atoms with Crippen LogP contribution in [0.15, 0.2) is 87.2 Å². The molecule has 0 saturated heterocycles. The highest BCUT2D eigenvalue weighted by molar-refractivity contribution is 9.10. The molecule has 156 valence electrons. The van der Waals surface area contributed by atoms with Gasteiger partial charge < -0.3 is 4.74 Å². The monoisotopic (exact) mass is 494 g/mol. The molecule has 0 bridgehead atoms. The molecule has 0 unspecified atom stereocenters. The predicted molar refractivity (Wildman–Crippen MR) is 128 cm³/mol. The van der Waals surface area contributed by atoms with E-state index in [4.69, 9.17) is 4.74 Å². The minimum absolute atomic E-state index is 0.0437. The van der Waals surface area contributed by atoms with Crippen molar-refractivity contribution in [3.63, 3.8) is 0 Å². The van der Waals surface area contributed by atoms with Crippen molar-refractivity contribution >= 4 is 44.4 Å². The third-order valence-corrected chi connectivity index (χ3v) is 6.12. The van der Waals surface area contributed by atoms with E-state index in [0.717, 1.165) is 10.2 Å². The van der Waals surface area contributed by atoms with Crippen molar-refractivity contribution in [3.05, 3.63) is 93.2 Å². The lowest BCUT2D eigenvalue weighted by molar-refractivity contribution is 0.102. The van der Waals surface area contributed by atoms with Gasteiger partial charge in [0.2, 0.25) is 0 Å². The average Bonchev–Trinajstić information content (AvgIpc) is 2.79. The molecule has 31 heavy (non-hydrogen) atoms. The van der Waals surface area contributed by atoms with E-state index in [2.05, 4.69) is 20.9 Å². The van der Waals surface area contributed by atoms with E-state index in [-0.39, 0.29) is 17.1 Å². The molecule has 4 rings (SSSR count). The van der Waals surface area contributed by atoms with Crippen LogP contribution < -0.4 is 10.3 Å². The first-order valence-corrected chi connectivity index (χ1v) is 11.5. The van der Waals surface area contributed by atoms with Gasteiger partial charge in [0.15, 0.2) is 10.9 Å². The number of nitrogens with zero attached hydrogens (tertiary/aromatic N) is 2. The number of benzene rings is 3. The molecular formula is C24H19BrN2O3S. The Bertz CT molecular complexity index is 1290. The first-order valence-electron chi connectivity index (χ1n) is 9.73. The fourth-order valence-electron chi connectivity index (χ4n) is 3.14. The van der Waals surface area contributed by atoms with Crippen LogP contribution in [0.2, 0.25) is 0 Å². The van der Waals surface area contributed by atoms with E-state index in [1.807, 2.05) is 43.3 Å². The van der Waals surface area contributed by atoms with E-state index < -0.39 is 0 Å². The minimum Gasteiger partial charge on any atom is -0.494 e. The highest BCUT2D eigenvalue weighted by Crippen LogP contribution is 2.24. The first-order chi connectivity index (χ1) is 15.1. The highest BCUT2D eigenvalue weighted by Gasteiger charge is 2.15. The Labute approximate surface area is 192 Å². The quantitative estimate of drug-likeness (QED) is 0.192. The van der Waals surface area contributed by atoms with Gasteiger partial charge in [-0.25, -0.2) is 4.98 Å². The van der Waals surface area contributed by atoms with Crippen molar-refractivity contribution in [2.24, 2.45) is 0 Å². The molecule has 0 aliphatic carbocycles. The number of halogens is 1. The molecule has 0 spiro atoms. The smallest absolute Gasteiger partial charge is 0.266 e. The number of Topliss-reactive ketones (excluding diaryl/α,β-unsaturated/α-hetero) is 1. The van der Waals surface area contributed by atoms with Crippen molar-refractivity contribution in [1.82, 2.24) is 9.55 Å². The Kier molecular flexibility index (Phi) is 6.53. The molecule has 0 fully saturated rings. The van der Waals surface area contributed by atoms with Crippen molar-refractivity contribution in [2.45, 2.75) is 12.1 Å². The molecule has 1 heterocycles. The maximum atomic E-state index is 13.2. The summed E-state index contributed by atoms with van der Waals surface area (Å²) in [7, 11) is 0. The number of carbonyl (C=O) groups excluding carboxylic acids is 1. The minimum atomic E-state index is -0.163. The Morgan fingerprint density at radius 3 is 2.45 bits per heavy atom. The Morgan fingerprint density at radius 2 is 1.74 bits per heavy atom. The summed E-state index contributed by atoms with van der Waals surface area (Å²) >= 11 is 4.68. The van der Waals surface area contributed by atoms with Crippen LogP contribution in [-0.2, 0) is 0 Å². The predicted octanol–water partition coefficient (Wildman–Crippen LogP) is 5.52. The molecular weight excluding hydrogens is 476 g/mol. The number of para-hydroxylation sites is 1. The van der Waals surface area contributed by atoms with E-state index in [9.17, 15) is 9.59 Å². The SMILES string of the molecule is CCOc1ccc(C(=O)CSc2nc3ccccc3c(=O)n2-c2ccc(Br)cc2)cc1. The number of hydrogen-bond donors (Lipinski definition) is 0. The van der Waals surface area contributed by atoms with Crippen LogP contribution >= 0.6 is 27.7 Å². The number of thioether (sulfide) groups is 1. The summed E-state index contributed by atoms with van der Waals surface area (Å²) in [5.41, 5.74) is 1.73. The Balaban J connectivity index is 1.67. The Morgan fingerprint density at radius 1 is 1.03 bits per heavy atom. The van der Waals surface area contributed by atoms with Crippen LogP contribution in [0.25, 0.3) is 16.6 Å². The summed E-state index contributed by atoms with van der Waals surface area (Å²) in [6, 6.07) is 21.7. The van der Waals surface area contributed by atoms with Gasteiger partial charge in [0.1, 0.15) is 5.75 Å². The highest BCUT2D eigenvalue weighted by atomic mass is 79.9. The summed E-state index contributed by atoms with van der Waals surface area (Å²) in [6.07, 6.45) is 0. The second-order valence-corrected chi connectivity index (χ2v) is 8.56. The van der Waals surface area contributed by atoms with Crippen LogP contribution in [0.4, 0.5) is 0 Å². The lowest BCUT2D eigenvalue weighted by Crippen LogP contribution is -2.22. The van der Waals surface area contributed by atoms with Gasteiger partial charge in [-0.15, -0.1) is 0 Å². The molecule has 7 heteroatoms. The molecule has 1 aromatic heterocycles. The number of ether oxygens (including phenoxy) is 1. The summed E-state index contributed by atoms with van der Waals surface area (Å²) in [5, 5.41) is 1.01. The molecule has 0 aliphatic heterocycles. The van der Waals surface area contributed by atoms with Gasteiger partial charge in [0.25, 0.3) is 5.56 Å². The molecule has 0 aliphatic rings. The van der Waals surface area contributed by atoms with Crippen LogP contribution in [0.3, 0.4) is 0 Å². The lowest BCUT2D eigenvalue weighted by Gasteiger charge is -2.13. The van der Waals surface area contributed by atoms with Gasteiger partial charge in [-0.05, 0) is 67.6 Å². The van der Waals surface area contributed by atoms with E-state index >= 15 is 0 Å². The number of ketones is 1. The molecule has 3 aromatic carbocycles. The number of hydrogen-bond acceptors (Lipinski definition) is 5. The summed E-state index contributed by atoms with van der Waals surface area (Å²) in [5.74, 6) is 0.847. The summed E-state index contributed by atoms with van der Waals surface area (Å²) in [4.78, 5) is 30.7. The molecule has 0 saturated carbocycles. The molecule has 0 atom stereocenters. The first kappa shape index (κ1) is 21.3. The number of carbonyl (C=O) groups is 1. The molecule has 4 aromatic rings. The van der Waals surface area contributed by atoms with Crippen molar-refractivity contribution in [3.8, 4) is 11.4 Å². The second-order valence-electron chi connectivity index (χ2n) is 6.70. The van der Waals surface area contributed by atoms with Crippen molar-refractivity contribution in [1.29, 1.82) is 0 Å². The van der Waals surface area contributed by atoms with Crippen LogP contribution in [-0.4, -0.2) is 27.7 Å². The van der Waals surface area contributed by atoms with Crippen LogP contribution in [0.5, 0.6) is 5.75 Å². The maximum absolute atomic E-state index is 13.2. The molecule has 0 N–H and O–H groups in total. The zero-order valence-electron chi connectivity index (χ0n) is 16.7. The fourth-order valence-corrected chi connectivity index (χ4v) is 4.32. The van der Waals surface area contributed by atoms with Gasteiger partial charge in [-0.1, -0.05) is 39.8 Å². The summed E-state index contributed by atoms with van der Waals surface area (Å²) in [6.45, 7) is 2.49. The number of rotatable bonds is 7. The van der Waals surface area contributed by atoms with E-state index in [0.29, 0.717) is 33.9 Å². The van der Waals surface area contributed by atoms with Gasteiger partial charge in [-0.3, -0.25) is 14.2 Å². The van der Waals surface area contributed by atoms with E-state index in [1.54, 1.807) is 41.0 Å². The Hall–Kier alpha value is -2.90. The second kappa shape index (κ2) is 9.49. The van der Waals surface area contributed by atoms with Gasteiger partial charge in [-0.2, -0.15) is 0 Å². The van der Waals surface area contributed by atoms with E-state index in [1.165, 1.54) is 11.8 Å². The topological polar surface area (TPSA) is 61.2 Å². The third kappa shape index (κ3) is 4.73. The van der Waals surface area contributed by atoms with Crippen molar-refractivity contribution in [2.75, 3.05) is 12.4 Å². The molecule has 5 nitrogen and oxygen atoms in total. The average molecular weight is 495 g/mol. The standard InChI is InChI=1S/C24H19BrN2O3S/c1-2-30-19-13-7-16(8-14-19)22(28)15-31-24-26-21-6-4-3-5-20(21)23(29)27(24)18-11-9-17(25)10-12-18/h3-14H,2,15H2,1H3. The maximum Gasteiger partial charge on any atom is 0.266 e. The normalized spacial score (nSPS) is 10.9. The summed E-state index contributed by atoms with van der Waals surface area (Å²) < 4.78 is 7.90. The zero-order valence-corrected chi connectivity index (χ0v) is 19.2. The van der Waals surface area contributed by atoms with Crippen LogP contribution in [0, 0.1) is 0 Å².